The Kier molecular flexibility index (Phi) is 4.27. The molecule has 0 aromatic carbocycles. The standard InChI is InChI=1S/C11H18O2/c1-4-9(2)13-11-7-5-6-10(8-11)12-3/h1,9-11H,5-8H2,2-3H3. The van der Waals surface area contributed by atoms with Gasteiger partial charge in [-0.05, 0) is 32.6 Å². The predicted molar refractivity (Wildman–Crippen MR) is 52.4 cm³/mol. The molecule has 1 aliphatic rings. The number of terminal acetylenes is 1. The molecule has 0 radical (unpaired) electrons. The van der Waals surface area contributed by atoms with Crippen LogP contribution in [0.5, 0.6) is 0 Å². The maximum Gasteiger partial charge on any atom is 0.115 e. The molecule has 0 heterocycles. The Morgan fingerprint density at radius 1 is 1.38 bits per heavy atom. The summed E-state index contributed by atoms with van der Waals surface area (Å²) in [5, 5.41) is 0. The van der Waals surface area contributed by atoms with Gasteiger partial charge in [-0.3, -0.25) is 0 Å². The first-order valence-corrected chi connectivity index (χ1v) is 4.90. The van der Waals surface area contributed by atoms with E-state index in [1.165, 1.54) is 6.42 Å². The monoisotopic (exact) mass is 182 g/mol. The molecule has 3 atom stereocenters. The highest BCUT2D eigenvalue weighted by molar-refractivity contribution is 4.92. The summed E-state index contributed by atoms with van der Waals surface area (Å²) < 4.78 is 11.0. The van der Waals surface area contributed by atoms with Gasteiger partial charge < -0.3 is 9.47 Å². The molecule has 2 nitrogen and oxygen atoms in total. The molecule has 3 unspecified atom stereocenters. The summed E-state index contributed by atoms with van der Waals surface area (Å²) in [4.78, 5) is 0. The van der Waals surface area contributed by atoms with Gasteiger partial charge in [-0.15, -0.1) is 6.42 Å². The van der Waals surface area contributed by atoms with Crippen LogP contribution in [0.4, 0.5) is 0 Å². The van der Waals surface area contributed by atoms with E-state index in [9.17, 15) is 0 Å². The third-order valence-electron chi connectivity index (χ3n) is 2.54. The van der Waals surface area contributed by atoms with Crippen LogP contribution in [0.2, 0.25) is 0 Å². The molecular formula is C11H18O2. The molecule has 0 spiro atoms. The lowest BCUT2D eigenvalue weighted by Gasteiger charge is -2.29. The third-order valence-corrected chi connectivity index (χ3v) is 2.54. The highest BCUT2D eigenvalue weighted by Crippen LogP contribution is 2.23. The zero-order valence-electron chi connectivity index (χ0n) is 8.45. The maximum absolute atomic E-state index is 5.66. The summed E-state index contributed by atoms with van der Waals surface area (Å²) in [7, 11) is 1.76. The van der Waals surface area contributed by atoms with Gasteiger partial charge in [-0.25, -0.2) is 0 Å². The van der Waals surface area contributed by atoms with Crippen molar-refractivity contribution in [1.82, 2.24) is 0 Å². The molecular weight excluding hydrogens is 164 g/mol. The van der Waals surface area contributed by atoms with Crippen molar-refractivity contribution < 1.29 is 9.47 Å². The Bertz CT molecular complexity index is 183. The van der Waals surface area contributed by atoms with E-state index in [0.717, 1.165) is 19.3 Å². The highest BCUT2D eigenvalue weighted by atomic mass is 16.5. The molecule has 74 valence electrons. The number of methoxy groups -OCH3 is 1. The number of hydrogen-bond acceptors (Lipinski definition) is 2. The van der Waals surface area contributed by atoms with Crippen LogP contribution >= 0.6 is 0 Å². The molecule has 1 rings (SSSR count). The molecule has 1 saturated carbocycles. The van der Waals surface area contributed by atoms with Crippen LogP contribution in [0.25, 0.3) is 0 Å². The molecule has 0 aromatic rings. The first-order chi connectivity index (χ1) is 6.26. The second-order valence-corrected chi connectivity index (χ2v) is 3.59. The fourth-order valence-corrected chi connectivity index (χ4v) is 1.77. The van der Waals surface area contributed by atoms with E-state index in [0.29, 0.717) is 12.2 Å². The molecule has 0 N–H and O–H groups in total. The van der Waals surface area contributed by atoms with E-state index in [-0.39, 0.29) is 6.10 Å². The van der Waals surface area contributed by atoms with Crippen molar-refractivity contribution in [2.45, 2.75) is 50.9 Å². The van der Waals surface area contributed by atoms with Crippen molar-refractivity contribution in [1.29, 1.82) is 0 Å². The van der Waals surface area contributed by atoms with Gasteiger partial charge >= 0.3 is 0 Å². The Labute approximate surface area is 80.6 Å². The average molecular weight is 182 g/mol. The Morgan fingerprint density at radius 2 is 2.08 bits per heavy atom. The summed E-state index contributed by atoms with van der Waals surface area (Å²) in [6.45, 7) is 1.91. The van der Waals surface area contributed by atoms with Crippen LogP contribution in [0.1, 0.15) is 32.6 Å². The van der Waals surface area contributed by atoms with Crippen molar-refractivity contribution in [2.24, 2.45) is 0 Å². The fraction of sp³-hybridized carbons (Fsp3) is 0.818. The quantitative estimate of drug-likeness (QED) is 0.621. The average Bonchev–Trinajstić information content (AvgIpc) is 2.18. The maximum atomic E-state index is 5.66. The minimum absolute atomic E-state index is 0.0689. The summed E-state index contributed by atoms with van der Waals surface area (Å²) in [5.74, 6) is 2.58. The highest BCUT2D eigenvalue weighted by Gasteiger charge is 2.23. The minimum atomic E-state index is -0.0689. The van der Waals surface area contributed by atoms with Crippen LogP contribution < -0.4 is 0 Å². The van der Waals surface area contributed by atoms with Crippen LogP contribution in [-0.4, -0.2) is 25.4 Å². The van der Waals surface area contributed by atoms with E-state index in [4.69, 9.17) is 15.9 Å². The molecule has 0 saturated heterocycles. The Hall–Kier alpha value is -0.520. The van der Waals surface area contributed by atoms with Crippen molar-refractivity contribution in [3.8, 4) is 12.3 Å². The summed E-state index contributed by atoms with van der Waals surface area (Å²) in [5.41, 5.74) is 0. The van der Waals surface area contributed by atoms with Crippen molar-refractivity contribution in [2.75, 3.05) is 7.11 Å². The molecule has 0 aromatic heterocycles. The zero-order valence-corrected chi connectivity index (χ0v) is 8.45. The minimum Gasteiger partial charge on any atom is -0.381 e. The molecule has 1 fully saturated rings. The Balaban J connectivity index is 2.30. The van der Waals surface area contributed by atoms with Gasteiger partial charge in [0.2, 0.25) is 0 Å². The number of rotatable bonds is 3. The summed E-state index contributed by atoms with van der Waals surface area (Å²) in [6, 6.07) is 0. The lowest BCUT2D eigenvalue weighted by molar-refractivity contribution is -0.0425. The first kappa shape index (κ1) is 10.6. The van der Waals surface area contributed by atoms with Crippen molar-refractivity contribution >= 4 is 0 Å². The van der Waals surface area contributed by atoms with Gasteiger partial charge in [-0.1, -0.05) is 5.92 Å². The molecule has 0 amide bonds. The first-order valence-electron chi connectivity index (χ1n) is 4.90. The van der Waals surface area contributed by atoms with Crippen LogP contribution in [0.15, 0.2) is 0 Å². The molecule has 0 bridgehead atoms. The largest absolute Gasteiger partial charge is 0.381 e. The van der Waals surface area contributed by atoms with E-state index >= 15 is 0 Å². The third kappa shape index (κ3) is 3.38. The Morgan fingerprint density at radius 3 is 2.69 bits per heavy atom. The second kappa shape index (κ2) is 5.26. The van der Waals surface area contributed by atoms with Gasteiger partial charge in [0.25, 0.3) is 0 Å². The molecule has 13 heavy (non-hydrogen) atoms. The van der Waals surface area contributed by atoms with Gasteiger partial charge in [0.05, 0.1) is 12.2 Å². The smallest absolute Gasteiger partial charge is 0.115 e. The molecule has 2 heteroatoms. The van der Waals surface area contributed by atoms with E-state index in [1.807, 2.05) is 6.92 Å². The topological polar surface area (TPSA) is 18.5 Å². The number of ether oxygens (including phenoxy) is 2. The number of hydrogen-bond donors (Lipinski definition) is 0. The molecule has 0 aliphatic heterocycles. The predicted octanol–water partition coefficient (Wildman–Crippen LogP) is 1.98. The SMILES string of the molecule is C#CC(C)OC1CCCC(OC)C1. The fourth-order valence-electron chi connectivity index (χ4n) is 1.77. The van der Waals surface area contributed by atoms with Crippen molar-refractivity contribution in [3.63, 3.8) is 0 Å². The lowest BCUT2D eigenvalue weighted by Crippen LogP contribution is -2.29. The van der Waals surface area contributed by atoms with Gasteiger partial charge in [-0.2, -0.15) is 0 Å². The van der Waals surface area contributed by atoms with Gasteiger partial charge in [0, 0.05) is 7.11 Å². The van der Waals surface area contributed by atoms with E-state index in [1.54, 1.807) is 7.11 Å². The van der Waals surface area contributed by atoms with Crippen molar-refractivity contribution in [3.05, 3.63) is 0 Å². The van der Waals surface area contributed by atoms with E-state index in [2.05, 4.69) is 5.92 Å². The van der Waals surface area contributed by atoms with E-state index < -0.39 is 0 Å². The molecule has 1 aliphatic carbocycles. The van der Waals surface area contributed by atoms with Gasteiger partial charge in [0.1, 0.15) is 6.10 Å². The van der Waals surface area contributed by atoms with Crippen LogP contribution in [0.3, 0.4) is 0 Å². The summed E-state index contributed by atoms with van der Waals surface area (Å²) >= 11 is 0. The lowest BCUT2D eigenvalue weighted by atomic mass is 9.95. The zero-order chi connectivity index (χ0) is 9.68. The summed E-state index contributed by atoms with van der Waals surface area (Å²) in [6.07, 6.45) is 10.3. The normalized spacial score (nSPS) is 30.8. The second-order valence-electron chi connectivity index (χ2n) is 3.59. The van der Waals surface area contributed by atoms with Crippen LogP contribution in [-0.2, 0) is 9.47 Å². The van der Waals surface area contributed by atoms with Crippen LogP contribution in [0, 0.1) is 12.3 Å². The van der Waals surface area contributed by atoms with Gasteiger partial charge in [0.15, 0.2) is 0 Å².